The zero-order valence-electron chi connectivity index (χ0n) is 7.78. The van der Waals surface area contributed by atoms with E-state index in [1.54, 1.807) is 17.7 Å². The van der Waals surface area contributed by atoms with E-state index in [0.717, 1.165) is 17.7 Å². The summed E-state index contributed by atoms with van der Waals surface area (Å²) in [6.07, 6.45) is 2.57. The predicted octanol–water partition coefficient (Wildman–Crippen LogP) is 3.43. The smallest absolute Gasteiger partial charge is 0.133 e. The van der Waals surface area contributed by atoms with Crippen molar-refractivity contribution in [3.05, 3.63) is 33.4 Å². The van der Waals surface area contributed by atoms with Crippen molar-refractivity contribution >= 4 is 23.6 Å². The molecule has 2 aromatic rings. The minimum Gasteiger partial charge on any atom is -0.346 e. The molecular weight excluding hydrogens is 212 g/mol. The fourth-order valence-corrected chi connectivity index (χ4v) is 2.37. The van der Waals surface area contributed by atoms with Gasteiger partial charge in [0.15, 0.2) is 0 Å². The van der Waals surface area contributed by atoms with Gasteiger partial charge in [0.05, 0.1) is 12.0 Å². The molecule has 0 amide bonds. The first-order valence-corrected chi connectivity index (χ1v) is 5.77. The van der Waals surface area contributed by atoms with Crippen molar-refractivity contribution in [2.24, 2.45) is 0 Å². The molecule has 0 spiro atoms. The Morgan fingerprint density at radius 1 is 1.57 bits per heavy atom. The maximum Gasteiger partial charge on any atom is 0.133 e. The number of nitrogens with one attached hydrogen (secondary N) is 1. The van der Waals surface area contributed by atoms with Gasteiger partial charge in [0.1, 0.15) is 4.64 Å². The van der Waals surface area contributed by atoms with Gasteiger partial charge in [-0.15, -0.1) is 0 Å². The first-order chi connectivity index (χ1) is 6.83. The van der Waals surface area contributed by atoms with Gasteiger partial charge in [-0.1, -0.05) is 19.1 Å². The lowest BCUT2D eigenvalue weighted by molar-refractivity contribution is 1.04. The fraction of sp³-hybridized carbons (Fsp3) is 0.200. The summed E-state index contributed by atoms with van der Waals surface area (Å²) in [5.41, 5.74) is 3.43. The van der Waals surface area contributed by atoms with E-state index in [-0.39, 0.29) is 0 Å². The molecule has 2 heterocycles. The summed E-state index contributed by atoms with van der Waals surface area (Å²) in [5.74, 6) is 0. The number of H-pyrrole nitrogens is 1. The molecule has 0 aliphatic carbocycles. The zero-order valence-corrected chi connectivity index (χ0v) is 9.41. The molecular formula is C10H10N2S2. The van der Waals surface area contributed by atoms with Crippen LogP contribution in [0.1, 0.15) is 12.5 Å². The Hall–Kier alpha value is -1.00. The van der Waals surface area contributed by atoms with Crippen LogP contribution in [0, 0.1) is 4.64 Å². The molecule has 0 unspecified atom stereocenters. The minimum absolute atomic E-state index is 0.701. The van der Waals surface area contributed by atoms with Gasteiger partial charge in [-0.05, 0) is 17.9 Å². The monoisotopic (exact) mass is 222 g/mol. The number of aromatic amines is 1. The van der Waals surface area contributed by atoms with E-state index in [1.807, 2.05) is 0 Å². The van der Waals surface area contributed by atoms with Crippen LogP contribution in [0.15, 0.2) is 23.2 Å². The zero-order chi connectivity index (χ0) is 9.97. The molecule has 0 saturated heterocycles. The molecule has 4 heteroatoms. The summed E-state index contributed by atoms with van der Waals surface area (Å²) in [5, 5.41) is 4.17. The Morgan fingerprint density at radius 3 is 3.07 bits per heavy atom. The lowest BCUT2D eigenvalue weighted by Crippen LogP contribution is -1.93. The standard InChI is InChI=1S/C10H10N2S2/c1-2-8-9(7-3-4-14-5-7)11-6-12-10(8)13/h3-6H,2H2,1H3,(H,11,12,13). The second kappa shape index (κ2) is 4.02. The van der Waals surface area contributed by atoms with Gasteiger partial charge in [-0.25, -0.2) is 4.98 Å². The minimum atomic E-state index is 0.701. The summed E-state index contributed by atoms with van der Waals surface area (Å²) in [7, 11) is 0. The average molecular weight is 222 g/mol. The summed E-state index contributed by atoms with van der Waals surface area (Å²) in [4.78, 5) is 7.24. The van der Waals surface area contributed by atoms with Crippen molar-refractivity contribution in [1.29, 1.82) is 0 Å². The van der Waals surface area contributed by atoms with Gasteiger partial charge in [0, 0.05) is 16.5 Å². The van der Waals surface area contributed by atoms with Crippen LogP contribution in [0.25, 0.3) is 11.3 Å². The maximum absolute atomic E-state index is 5.18. The van der Waals surface area contributed by atoms with Gasteiger partial charge < -0.3 is 4.98 Å². The van der Waals surface area contributed by atoms with Crippen LogP contribution in [-0.2, 0) is 6.42 Å². The number of thiophene rings is 1. The van der Waals surface area contributed by atoms with Crippen LogP contribution >= 0.6 is 23.6 Å². The van der Waals surface area contributed by atoms with Crippen LogP contribution < -0.4 is 0 Å². The molecule has 2 nitrogen and oxygen atoms in total. The Labute approximate surface area is 91.7 Å². The third kappa shape index (κ3) is 1.63. The molecule has 0 aliphatic heterocycles. The molecule has 2 rings (SSSR count). The summed E-state index contributed by atoms with van der Waals surface area (Å²) in [6.45, 7) is 2.09. The highest BCUT2D eigenvalue weighted by atomic mass is 32.1. The molecule has 1 N–H and O–H groups in total. The van der Waals surface area contributed by atoms with Gasteiger partial charge in [0.25, 0.3) is 0 Å². The quantitative estimate of drug-likeness (QED) is 0.789. The van der Waals surface area contributed by atoms with Crippen LogP contribution in [0.3, 0.4) is 0 Å². The molecule has 0 aromatic carbocycles. The first-order valence-electron chi connectivity index (χ1n) is 4.42. The predicted molar refractivity (Wildman–Crippen MR) is 62.1 cm³/mol. The average Bonchev–Trinajstić information content (AvgIpc) is 2.70. The Morgan fingerprint density at radius 2 is 2.43 bits per heavy atom. The van der Waals surface area contributed by atoms with E-state index in [9.17, 15) is 0 Å². The highest BCUT2D eigenvalue weighted by Crippen LogP contribution is 2.23. The number of hydrogen-bond acceptors (Lipinski definition) is 3. The number of nitrogens with zero attached hydrogens (tertiary/aromatic N) is 1. The van der Waals surface area contributed by atoms with E-state index >= 15 is 0 Å². The van der Waals surface area contributed by atoms with Crippen LogP contribution in [0.4, 0.5) is 0 Å². The largest absolute Gasteiger partial charge is 0.346 e. The second-order valence-corrected chi connectivity index (χ2v) is 4.09. The lowest BCUT2D eigenvalue weighted by atomic mass is 10.1. The number of hydrogen-bond donors (Lipinski definition) is 1. The third-order valence-corrected chi connectivity index (χ3v) is 3.15. The van der Waals surface area contributed by atoms with Gasteiger partial charge in [0.2, 0.25) is 0 Å². The topological polar surface area (TPSA) is 28.7 Å². The summed E-state index contributed by atoms with van der Waals surface area (Å²) < 4.78 is 0.701. The third-order valence-electron chi connectivity index (χ3n) is 2.11. The summed E-state index contributed by atoms with van der Waals surface area (Å²) in [6, 6.07) is 2.09. The molecule has 0 bridgehead atoms. The molecule has 72 valence electrons. The van der Waals surface area contributed by atoms with Crippen molar-refractivity contribution < 1.29 is 0 Å². The molecule has 0 radical (unpaired) electrons. The maximum atomic E-state index is 5.18. The van der Waals surface area contributed by atoms with Crippen LogP contribution in [-0.4, -0.2) is 9.97 Å². The Balaban J connectivity index is 2.64. The van der Waals surface area contributed by atoms with E-state index in [2.05, 4.69) is 33.7 Å². The van der Waals surface area contributed by atoms with E-state index in [4.69, 9.17) is 12.2 Å². The Bertz CT molecular complexity index is 471. The summed E-state index contributed by atoms with van der Waals surface area (Å²) >= 11 is 6.87. The fourth-order valence-electron chi connectivity index (χ4n) is 1.42. The number of aromatic nitrogens is 2. The van der Waals surface area contributed by atoms with E-state index in [1.165, 1.54) is 5.56 Å². The van der Waals surface area contributed by atoms with Crippen molar-refractivity contribution in [2.75, 3.05) is 0 Å². The van der Waals surface area contributed by atoms with Crippen molar-refractivity contribution in [3.8, 4) is 11.3 Å². The van der Waals surface area contributed by atoms with Gasteiger partial charge in [-0.2, -0.15) is 11.3 Å². The Kier molecular flexibility index (Phi) is 2.74. The normalized spacial score (nSPS) is 10.4. The van der Waals surface area contributed by atoms with E-state index in [0.29, 0.717) is 4.64 Å². The van der Waals surface area contributed by atoms with Crippen molar-refractivity contribution in [2.45, 2.75) is 13.3 Å². The highest BCUT2D eigenvalue weighted by molar-refractivity contribution is 7.71. The van der Waals surface area contributed by atoms with Crippen molar-refractivity contribution in [3.63, 3.8) is 0 Å². The second-order valence-electron chi connectivity index (χ2n) is 2.93. The SMILES string of the molecule is CCc1c(-c2ccsc2)[nH]cnc1=S. The molecule has 14 heavy (non-hydrogen) atoms. The molecule has 0 atom stereocenters. The van der Waals surface area contributed by atoms with Crippen LogP contribution in [0.5, 0.6) is 0 Å². The van der Waals surface area contributed by atoms with E-state index < -0.39 is 0 Å². The molecule has 0 aliphatic rings. The van der Waals surface area contributed by atoms with Crippen LogP contribution in [0.2, 0.25) is 0 Å². The highest BCUT2D eigenvalue weighted by Gasteiger charge is 2.05. The lowest BCUT2D eigenvalue weighted by Gasteiger charge is -2.04. The van der Waals surface area contributed by atoms with Gasteiger partial charge in [-0.3, -0.25) is 0 Å². The van der Waals surface area contributed by atoms with Crippen molar-refractivity contribution in [1.82, 2.24) is 9.97 Å². The molecule has 0 saturated carbocycles. The molecule has 2 aromatic heterocycles. The van der Waals surface area contributed by atoms with Gasteiger partial charge >= 0.3 is 0 Å². The first kappa shape index (κ1) is 9.55. The molecule has 0 fully saturated rings. The number of rotatable bonds is 2.